The van der Waals surface area contributed by atoms with Gasteiger partial charge in [0.2, 0.25) is 0 Å². The quantitative estimate of drug-likeness (QED) is 0.774. The lowest BCUT2D eigenvalue weighted by Gasteiger charge is -2.09. The number of nitrogens with one attached hydrogen (secondary N) is 1. The molecule has 0 aliphatic rings. The molecule has 0 spiro atoms. The summed E-state index contributed by atoms with van der Waals surface area (Å²) in [5.74, 6) is 0. The fraction of sp³-hybridized carbons (Fsp3) is 0.211. The average Bonchev–Trinajstić information content (AvgIpc) is 2.95. The summed E-state index contributed by atoms with van der Waals surface area (Å²) in [6.45, 7) is 1.08. The second-order valence-electron chi connectivity index (χ2n) is 5.78. The number of aromatic amines is 1. The molecule has 0 saturated carbocycles. The number of fused-ring (bicyclic) bond motifs is 1. The zero-order valence-corrected chi connectivity index (χ0v) is 13.1. The fourth-order valence-corrected chi connectivity index (χ4v) is 2.43. The highest BCUT2D eigenvalue weighted by Crippen LogP contribution is 2.17. The summed E-state index contributed by atoms with van der Waals surface area (Å²) >= 11 is 0. The lowest BCUT2D eigenvalue weighted by Crippen LogP contribution is -2.14. The third kappa shape index (κ3) is 3.43. The van der Waals surface area contributed by atoms with E-state index < -0.39 is 0 Å². The largest absolute Gasteiger partial charge is 0.309 e. The molecule has 3 rings (SSSR count). The number of nitrogens with zero attached hydrogens (tertiary/aromatic N) is 2. The normalized spacial score (nSPS) is 11.8. The van der Waals surface area contributed by atoms with E-state index in [0.29, 0.717) is 0 Å². The molecule has 3 aromatic rings. The van der Waals surface area contributed by atoms with Crippen LogP contribution in [0, 0.1) is 0 Å². The van der Waals surface area contributed by atoms with Gasteiger partial charge in [0.15, 0.2) is 0 Å². The summed E-state index contributed by atoms with van der Waals surface area (Å²) in [4.78, 5) is 2.20. The van der Waals surface area contributed by atoms with E-state index in [2.05, 4.69) is 71.7 Å². The number of rotatable bonds is 5. The van der Waals surface area contributed by atoms with Crippen LogP contribution in [0.3, 0.4) is 0 Å². The van der Waals surface area contributed by atoms with Crippen molar-refractivity contribution >= 4 is 23.1 Å². The zero-order valence-electron chi connectivity index (χ0n) is 13.1. The van der Waals surface area contributed by atoms with Crippen molar-refractivity contribution in [2.24, 2.45) is 0 Å². The van der Waals surface area contributed by atoms with Gasteiger partial charge in [-0.15, -0.1) is 0 Å². The van der Waals surface area contributed by atoms with Crippen LogP contribution in [0.25, 0.3) is 23.1 Å². The molecule has 0 unspecified atom stereocenters. The molecule has 0 fully saturated rings. The summed E-state index contributed by atoms with van der Waals surface area (Å²) in [6, 6.07) is 16.9. The van der Waals surface area contributed by atoms with E-state index in [1.54, 1.807) is 0 Å². The Hall–Kier alpha value is -2.39. The van der Waals surface area contributed by atoms with Gasteiger partial charge >= 0.3 is 0 Å². The number of benzene rings is 2. The minimum atomic E-state index is 0.979. The van der Waals surface area contributed by atoms with Gasteiger partial charge in [0, 0.05) is 11.9 Å². The summed E-state index contributed by atoms with van der Waals surface area (Å²) < 4.78 is 0. The molecule has 0 bridgehead atoms. The lowest BCUT2D eigenvalue weighted by atomic mass is 10.1. The van der Waals surface area contributed by atoms with E-state index >= 15 is 0 Å². The molecule has 0 atom stereocenters. The van der Waals surface area contributed by atoms with E-state index in [4.69, 9.17) is 0 Å². The number of para-hydroxylation sites is 1. The van der Waals surface area contributed by atoms with Crippen LogP contribution in [0.5, 0.6) is 0 Å². The maximum atomic E-state index is 4.36. The molecule has 22 heavy (non-hydrogen) atoms. The van der Waals surface area contributed by atoms with Crippen LogP contribution in [-0.2, 0) is 6.42 Å². The molecular weight excluding hydrogens is 270 g/mol. The van der Waals surface area contributed by atoms with Crippen molar-refractivity contribution in [3.8, 4) is 0 Å². The van der Waals surface area contributed by atoms with Gasteiger partial charge in [-0.05, 0) is 43.8 Å². The number of hydrogen-bond donors (Lipinski definition) is 1. The molecular formula is C19H21N3. The monoisotopic (exact) mass is 291 g/mol. The van der Waals surface area contributed by atoms with Gasteiger partial charge < -0.3 is 4.90 Å². The van der Waals surface area contributed by atoms with Crippen molar-refractivity contribution in [1.29, 1.82) is 0 Å². The second kappa shape index (κ2) is 6.58. The standard InChI is InChI=1S/C19H21N3/c1-22(2)14-13-16-9-7-15(8-10-16)11-12-19-17-5-3-4-6-18(17)20-21-19/h3-12H,13-14H2,1-2H3,(H,20,21). The van der Waals surface area contributed by atoms with Crippen LogP contribution in [0.2, 0.25) is 0 Å². The molecule has 2 aromatic carbocycles. The molecule has 0 amide bonds. The van der Waals surface area contributed by atoms with Gasteiger partial charge in [0.25, 0.3) is 0 Å². The van der Waals surface area contributed by atoms with Crippen molar-refractivity contribution in [3.05, 3.63) is 65.4 Å². The third-order valence-corrected chi connectivity index (χ3v) is 3.76. The van der Waals surface area contributed by atoms with Crippen molar-refractivity contribution in [2.75, 3.05) is 20.6 Å². The Bertz CT molecular complexity index is 767. The number of likely N-dealkylation sites (N-methyl/N-ethyl adjacent to an activating group) is 1. The Morgan fingerprint density at radius 3 is 2.55 bits per heavy atom. The maximum absolute atomic E-state index is 4.36. The summed E-state index contributed by atoms with van der Waals surface area (Å²) in [5.41, 5.74) is 4.62. The molecule has 0 aliphatic carbocycles. The van der Waals surface area contributed by atoms with Gasteiger partial charge in [0.1, 0.15) is 0 Å². The molecule has 0 aliphatic heterocycles. The van der Waals surface area contributed by atoms with E-state index in [0.717, 1.165) is 29.6 Å². The molecule has 1 heterocycles. The van der Waals surface area contributed by atoms with Gasteiger partial charge in [-0.2, -0.15) is 5.10 Å². The van der Waals surface area contributed by atoms with Crippen molar-refractivity contribution in [3.63, 3.8) is 0 Å². The Morgan fingerprint density at radius 2 is 1.77 bits per heavy atom. The molecule has 3 nitrogen and oxygen atoms in total. The topological polar surface area (TPSA) is 31.9 Å². The zero-order chi connectivity index (χ0) is 15.4. The smallest absolute Gasteiger partial charge is 0.0927 e. The first-order chi connectivity index (χ1) is 10.7. The van der Waals surface area contributed by atoms with E-state index in [1.807, 2.05) is 18.2 Å². The van der Waals surface area contributed by atoms with Crippen LogP contribution >= 0.6 is 0 Å². The van der Waals surface area contributed by atoms with Gasteiger partial charge in [-0.1, -0.05) is 48.5 Å². The van der Waals surface area contributed by atoms with Gasteiger partial charge in [-0.25, -0.2) is 0 Å². The minimum Gasteiger partial charge on any atom is -0.309 e. The van der Waals surface area contributed by atoms with Crippen LogP contribution in [0.15, 0.2) is 48.5 Å². The highest BCUT2D eigenvalue weighted by Gasteiger charge is 2.00. The number of hydrogen-bond acceptors (Lipinski definition) is 2. The Kier molecular flexibility index (Phi) is 4.35. The van der Waals surface area contributed by atoms with Crippen molar-refractivity contribution in [2.45, 2.75) is 6.42 Å². The van der Waals surface area contributed by atoms with Crippen LogP contribution < -0.4 is 0 Å². The maximum Gasteiger partial charge on any atom is 0.0927 e. The summed E-state index contributed by atoms with van der Waals surface area (Å²) in [7, 11) is 4.20. The summed E-state index contributed by atoms with van der Waals surface area (Å²) in [5, 5.41) is 8.57. The van der Waals surface area contributed by atoms with Crippen LogP contribution in [0.4, 0.5) is 0 Å². The van der Waals surface area contributed by atoms with Crippen LogP contribution in [-0.4, -0.2) is 35.7 Å². The van der Waals surface area contributed by atoms with Gasteiger partial charge in [0.05, 0.1) is 11.2 Å². The molecule has 3 heteroatoms. The van der Waals surface area contributed by atoms with E-state index in [-0.39, 0.29) is 0 Å². The van der Waals surface area contributed by atoms with E-state index in [1.165, 1.54) is 11.1 Å². The predicted molar refractivity (Wildman–Crippen MR) is 93.7 cm³/mol. The Labute approximate surface area is 131 Å². The SMILES string of the molecule is CN(C)CCc1ccc(C=Cc2n[nH]c3ccccc23)cc1. The Morgan fingerprint density at radius 1 is 1.00 bits per heavy atom. The first-order valence-corrected chi connectivity index (χ1v) is 7.57. The number of aromatic nitrogens is 2. The fourth-order valence-electron chi connectivity index (χ4n) is 2.43. The van der Waals surface area contributed by atoms with Gasteiger partial charge in [-0.3, -0.25) is 5.10 Å². The third-order valence-electron chi connectivity index (χ3n) is 3.76. The minimum absolute atomic E-state index is 0.979. The first kappa shape index (κ1) is 14.5. The molecule has 1 aromatic heterocycles. The van der Waals surface area contributed by atoms with E-state index in [9.17, 15) is 0 Å². The molecule has 0 saturated heterocycles. The number of H-pyrrole nitrogens is 1. The highest BCUT2D eigenvalue weighted by atomic mass is 15.1. The predicted octanol–water partition coefficient (Wildman–Crippen LogP) is 3.84. The summed E-state index contributed by atoms with van der Waals surface area (Å²) in [6.07, 6.45) is 5.26. The van der Waals surface area contributed by atoms with Crippen molar-refractivity contribution < 1.29 is 0 Å². The Balaban J connectivity index is 1.72. The molecule has 112 valence electrons. The molecule has 0 radical (unpaired) electrons. The lowest BCUT2D eigenvalue weighted by molar-refractivity contribution is 0.413. The first-order valence-electron chi connectivity index (χ1n) is 7.57. The average molecular weight is 291 g/mol. The van der Waals surface area contributed by atoms with Crippen LogP contribution in [0.1, 0.15) is 16.8 Å². The second-order valence-corrected chi connectivity index (χ2v) is 5.78. The molecule has 1 N–H and O–H groups in total. The highest BCUT2D eigenvalue weighted by molar-refractivity contribution is 5.89. The van der Waals surface area contributed by atoms with Crippen molar-refractivity contribution in [1.82, 2.24) is 15.1 Å².